The van der Waals surface area contributed by atoms with Crippen molar-refractivity contribution >= 4 is 17.5 Å². The van der Waals surface area contributed by atoms with Crippen molar-refractivity contribution in [3.8, 4) is 11.5 Å². The van der Waals surface area contributed by atoms with Crippen LogP contribution >= 0.6 is 0 Å². The van der Waals surface area contributed by atoms with E-state index in [0.717, 1.165) is 36.4 Å². The molecule has 0 saturated carbocycles. The molecule has 10 heteroatoms. The average Bonchev–Trinajstić information content (AvgIpc) is 2.60. The van der Waals surface area contributed by atoms with Gasteiger partial charge in [0.05, 0.1) is 4.92 Å². The fourth-order valence-electron chi connectivity index (χ4n) is 2.06. The molecule has 0 amide bonds. The first-order valence-electron chi connectivity index (χ1n) is 7.27. The number of nitrogens with zero attached hydrogens (tertiary/aromatic N) is 1. The van der Waals surface area contributed by atoms with Crippen molar-refractivity contribution in [2.75, 3.05) is 0 Å². The standard InChI is InChI=1S/C17H11F4NO5/c18-16(19)26-13-6-4-10(15(9-13)27-17(20)21)5-7-14(23)11-2-1-3-12(8-11)22(24)25/h1-9,16-17H/b7-5+. The van der Waals surface area contributed by atoms with Crippen molar-refractivity contribution < 1.29 is 36.8 Å². The molecule has 0 spiro atoms. The van der Waals surface area contributed by atoms with Gasteiger partial charge in [0.1, 0.15) is 11.5 Å². The summed E-state index contributed by atoms with van der Waals surface area (Å²) in [6.07, 6.45) is 2.10. The molecule has 0 saturated heterocycles. The van der Waals surface area contributed by atoms with Gasteiger partial charge in [-0.2, -0.15) is 17.6 Å². The van der Waals surface area contributed by atoms with Gasteiger partial charge < -0.3 is 9.47 Å². The van der Waals surface area contributed by atoms with E-state index in [1.54, 1.807) is 0 Å². The van der Waals surface area contributed by atoms with E-state index in [0.29, 0.717) is 0 Å². The molecule has 0 unspecified atom stereocenters. The number of nitro groups is 1. The van der Waals surface area contributed by atoms with Crippen LogP contribution in [0.25, 0.3) is 6.08 Å². The van der Waals surface area contributed by atoms with Crippen LogP contribution < -0.4 is 9.47 Å². The van der Waals surface area contributed by atoms with Crippen molar-refractivity contribution in [1.29, 1.82) is 0 Å². The molecular formula is C17H11F4NO5. The van der Waals surface area contributed by atoms with Crippen LogP contribution in [-0.4, -0.2) is 23.9 Å². The van der Waals surface area contributed by atoms with E-state index >= 15 is 0 Å². The van der Waals surface area contributed by atoms with Gasteiger partial charge in [-0.1, -0.05) is 12.1 Å². The Morgan fingerprint density at radius 2 is 1.74 bits per heavy atom. The van der Waals surface area contributed by atoms with Gasteiger partial charge in [-0.05, 0) is 24.3 Å². The van der Waals surface area contributed by atoms with Gasteiger partial charge >= 0.3 is 13.2 Å². The Morgan fingerprint density at radius 3 is 2.37 bits per heavy atom. The maximum absolute atomic E-state index is 12.5. The predicted molar refractivity (Wildman–Crippen MR) is 86.2 cm³/mol. The summed E-state index contributed by atoms with van der Waals surface area (Å²) in [6.45, 7) is -6.38. The summed E-state index contributed by atoms with van der Waals surface area (Å²) in [5.41, 5.74) is -0.283. The van der Waals surface area contributed by atoms with E-state index < -0.39 is 35.4 Å². The number of halogens is 4. The van der Waals surface area contributed by atoms with E-state index in [1.165, 1.54) is 18.2 Å². The van der Waals surface area contributed by atoms with Crippen LogP contribution in [0.4, 0.5) is 23.2 Å². The van der Waals surface area contributed by atoms with Crippen molar-refractivity contribution in [3.05, 3.63) is 69.8 Å². The van der Waals surface area contributed by atoms with Gasteiger partial charge in [0.2, 0.25) is 0 Å². The van der Waals surface area contributed by atoms with Crippen molar-refractivity contribution in [2.45, 2.75) is 13.2 Å². The van der Waals surface area contributed by atoms with Gasteiger partial charge in [-0.15, -0.1) is 0 Å². The Balaban J connectivity index is 2.27. The van der Waals surface area contributed by atoms with Crippen LogP contribution in [0.1, 0.15) is 15.9 Å². The van der Waals surface area contributed by atoms with Gasteiger partial charge in [0.25, 0.3) is 5.69 Å². The highest BCUT2D eigenvalue weighted by atomic mass is 19.3. The summed E-state index contributed by atoms with van der Waals surface area (Å²) in [4.78, 5) is 22.2. The van der Waals surface area contributed by atoms with Crippen molar-refractivity contribution in [1.82, 2.24) is 0 Å². The second-order valence-corrected chi connectivity index (χ2v) is 4.96. The lowest BCUT2D eigenvalue weighted by molar-refractivity contribution is -0.384. The number of carbonyl (C=O) groups excluding carboxylic acids is 1. The smallest absolute Gasteiger partial charge is 0.387 e. The number of nitro benzene ring substituents is 1. The van der Waals surface area contributed by atoms with Crippen LogP contribution in [0, 0.1) is 10.1 Å². The first kappa shape index (κ1) is 19.9. The molecule has 2 aromatic rings. The maximum Gasteiger partial charge on any atom is 0.387 e. The monoisotopic (exact) mass is 385 g/mol. The summed E-state index contributed by atoms with van der Waals surface area (Å²) in [6, 6.07) is 7.99. The van der Waals surface area contributed by atoms with E-state index in [4.69, 9.17) is 0 Å². The number of ketones is 1. The Morgan fingerprint density at radius 1 is 1.04 bits per heavy atom. The summed E-state index contributed by atoms with van der Waals surface area (Å²) < 4.78 is 57.8. The fraction of sp³-hybridized carbons (Fsp3) is 0.118. The minimum absolute atomic E-state index is 0.00398. The number of hydrogen-bond donors (Lipinski definition) is 0. The lowest BCUT2D eigenvalue weighted by atomic mass is 10.1. The molecule has 0 bridgehead atoms. The number of carbonyl (C=O) groups is 1. The molecule has 0 aliphatic carbocycles. The highest BCUT2D eigenvalue weighted by Crippen LogP contribution is 2.28. The molecule has 0 fully saturated rings. The number of ether oxygens (including phenoxy) is 2. The quantitative estimate of drug-likeness (QED) is 0.217. The fourth-order valence-corrected chi connectivity index (χ4v) is 2.06. The number of alkyl halides is 4. The summed E-state index contributed by atoms with van der Waals surface area (Å²) >= 11 is 0. The normalized spacial score (nSPS) is 11.2. The second kappa shape index (κ2) is 8.79. The first-order chi connectivity index (χ1) is 12.8. The molecule has 6 nitrogen and oxygen atoms in total. The predicted octanol–water partition coefficient (Wildman–Crippen LogP) is 4.69. The highest BCUT2D eigenvalue weighted by Gasteiger charge is 2.13. The third-order valence-electron chi connectivity index (χ3n) is 3.18. The number of benzene rings is 2. The highest BCUT2D eigenvalue weighted by molar-refractivity contribution is 6.07. The molecular weight excluding hydrogens is 374 g/mol. The van der Waals surface area contributed by atoms with E-state index in [9.17, 15) is 32.5 Å². The van der Waals surface area contributed by atoms with Crippen molar-refractivity contribution in [3.63, 3.8) is 0 Å². The third-order valence-corrected chi connectivity index (χ3v) is 3.18. The average molecular weight is 385 g/mol. The maximum atomic E-state index is 12.5. The molecule has 0 aromatic heterocycles. The molecule has 0 radical (unpaired) electrons. The second-order valence-electron chi connectivity index (χ2n) is 4.96. The van der Waals surface area contributed by atoms with E-state index in [-0.39, 0.29) is 16.8 Å². The molecule has 0 aliphatic rings. The lowest BCUT2D eigenvalue weighted by Gasteiger charge is -2.11. The Hall–Kier alpha value is -3.43. The molecule has 0 atom stereocenters. The number of allylic oxidation sites excluding steroid dienone is 1. The van der Waals surface area contributed by atoms with Gasteiger partial charge in [0.15, 0.2) is 5.78 Å². The summed E-state index contributed by atoms with van der Waals surface area (Å²) in [5.74, 6) is -1.51. The Kier molecular flexibility index (Phi) is 6.47. The Labute approximate surface area is 149 Å². The van der Waals surface area contributed by atoms with Crippen LogP contribution in [-0.2, 0) is 0 Å². The molecule has 0 N–H and O–H groups in total. The zero-order valence-corrected chi connectivity index (χ0v) is 13.4. The molecule has 0 heterocycles. The molecule has 27 heavy (non-hydrogen) atoms. The van der Waals surface area contributed by atoms with Gasteiger partial charge in [-0.3, -0.25) is 14.9 Å². The van der Waals surface area contributed by atoms with Crippen LogP contribution in [0.2, 0.25) is 0 Å². The minimum Gasteiger partial charge on any atom is -0.435 e. The van der Waals surface area contributed by atoms with Crippen LogP contribution in [0.3, 0.4) is 0 Å². The topological polar surface area (TPSA) is 78.7 Å². The largest absolute Gasteiger partial charge is 0.435 e. The van der Waals surface area contributed by atoms with E-state index in [2.05, 4.69) is 9.47 Å². The van der Waals surface area contributed by atoms with Crippen molar-refractivity contribution in [2.24, 2.45) is 0 Å². The van der Waals surface area contributed by atoms with Crippen LogP contribution in [0.15, 0.2) is 48.5 Å². The minimum atomic E-state index is -3.23. The third kappa shape index (κ3) is 5.80. The first-order valence-corrected chi connectivity index (χ1v) is 7.27. The van der Waals surface area contributed by atoms with E-state index in [1.807, 2.05) is 0 Å². The van der Waals surface area contributed by atoms with Gasteiger partial charge in [0, 0.05) is 29.3 Å². The summed E-state index contributed by atoms with van der Waals surface area (Å²) in [7, 11) is 0. The van der Waals surface area contributed by atoms with Crippen LogP contribution in [0.5, 0.6) is 11.5 Å². The number of non-ortho nitro benzene ring substituents is 1. The number of rotatable bonds is 8. The number of hydrogen-bond acceptors (Lipinski definition) is 5. The lowest BCUT2D eigenvalue weighted by Crippen LogP contribution is -2.06. The summed E-state index contributed by atoms with van der Waals surface area (Å²) in [5, 5.41) is 10.7. The SMILES string of the molecule is O=C(/C=C/c1ccc(OC(F)F)cc1OC(F)F)c1cccc([N+](=O)[O-])c1. The van der Waals surface area contributed by atoms with Gasteiger partial charge in [-0.25, -0.2) is 0 Å². The zero-order chi connectivity index (χ0) is 20.0. The molecule has 2 aromatic carbocycles. The Bertz CT molecular complexity index is 870. The molecule has 2 rings (SSSR count). The molecule has 142 valence electrons. The zero-order valence-electron chi connectivity index (χ0n) is 13.4. The molecule has 0 aliphatic heterocycles.